The van der Waals surface area contributed by atoms with Crippen molar-refractivity contribution in [3.8, 4) is 0 Å². The third-order valence-electron chi connectivity index (χ3n) is 3.57. The van der Waals surface area contributed by atoms with E-state index in [0.717, 1.165) is 40.5 Å². The molecule has 1 fully saturated rings. The van der Waals surface area contributed by atoms with Gasteiger partial charge in [0.1, 0.15) is 16.0 Å². The molecule has 4 nitrogen and oxygen atoms in total. The SMILES string of the molecule is CCCC(N1CCCSC1=S)n1nnc2ccccc21. The Bertz CT molecular complexity index is 610. The van der Waals surface area contributed by atoms with E-state index in [0.29, 0.717) is 0 Å². The second-order valence-electron chi connectivity index (χ2n) is 4.95. The van der Waals surface area contributed by atoms with Crippen LogP contribution < -0.4 is 0 Å². The van der Waals surface area contributed by atoms with E-state index < -0.39 is 0 Å². The lowest BCUT2D eigenvalue weighted by Crippen LogP contribution is -2.39. The van der Waals surface area contributed by atoms with Gasteiger partial charge in [-0.2, -0.15) is 0 Å². The van der Waals surface area contributed by atoms with Gasteiger partial charge in [0.2, 0.25) is 0 Å². The standard InChI is InChI=1S/C14H18N4S2/c1-2-6-13(17-9-5-10-20-14(17)19)18-12-8-4-3-7-11(12)15-16-18/h3-4,7-8,13H,2,5-6,9-10H2,1H3. The number of fused-ring (bicyclic) bond motifs is 1. The molecule has 106 valence electrons. The zero-order valence-corrected chi connectivity index (χ0v) is 13.2. The van der Waals surface area contributed by atoms with Crippen molar-refractivity contribution in [2.45, 2.75) is 32.4 Å². The van der Waals surface area contributed by atoms with Gasteiger partial charge in [0, 0.05) is 12.3 Å². The Morgan fingerprint density at radius 3 is 3.05 bits per heavy atom. The second-order valence-corrected chi connectivity index (χ2v) is 6.68. The predicted octanol–water partition coefficient (Wildman–Crippen LogP) is 3.45. The van der Waals surface area contributed by atoms with Crippen LogP contribution in [0.4, 0.5) is 0 Å². The van der Waals surface area contributed by atoms with Crippen LogP contribution in [0.2, 0.25) is 0 Å². The van der Waals surface area contributed by atoms with E-state index in [2.05, 4.69) is 28.2 Å². The molecule has 0 aliphatic carbocycles. The van der Waals surface area contributed by atoms with Crippen molar-refractivity contribution in [1.82, 2.24) is 19.9 Å². The summed E-state index contributed by atoms with van der Waals surface area (Å²) in [6.07, 6.45) is 3.50. The van der Waals surface area contributed by atoms with Crippen LogP contribution in [-0.4, -0.2) is 36.5 Å². The van der Waals surface area contributed by atoms with E-state index >= 15 is 0 Å². The first-order valence-corrected chi connectivity index (χ1v) is 8.44. The van der Waals surface area contributed by atoms with Crippen LogP contribution in [0.25, 0.3) is 11.0 Å². The number of rotatable bonds is 4. The monoisotopic (exact) mass is 306 g/mol. The molecule has 0 amide bonds. The van der Waals surface area contributed by atoms with Gasteiger partial charge < -0.3 is 4.90 Å². The zero-order valence-electron chi connectivity index (χ0n) is 11.5. The average molecular weight is 306 g/mol. The quantitative estimate of drug-likeness (QED) is 0.808. The molecule has 1 saturated heterocycles. The molecule has 1 atom stereocenters. The summed E-state index contributed by atoms with van der Waals surface area (Å²) in [5.41, 5.74) is 2.04. The number of hydrogen-bond donors (Lipinski definition) is 0. The fraction of sp³-hybridized carbons (Fsp3) is 0.500. The largest absolute Gasteiger partial charge is 0.335 e. The highest BCUT2D eigenvalue weighted by atomic mass is 32.2. The Balaban J connectivity index is 1.99. The summed E-state index contributed by atoms with van der Waals surface area (Å²) in [5.74, 6) is 1.13. The van der Waals surface area contributed by atoms with Gasteiger partial charge >= 0.3 is 0 Å². The Morgan fingerprint density at radius 1 is 1.40 bits per heavy atom. The fourth-order valence-electron chi connectivity index (χ4n) is 2.61. The predicted molar refractivity (Wildman–Crippen MR) is 87.9 cm³/mol. The summed E-state index contributed by atoms with van der Waals surface area (Å²) in [7, 11) is 0. The van der Waals surface area contributed by atoms with Crippen LogP contribution in [0.1, 0.15) is 32.4 Å². The lowest BCUT2D eigenvalue weighted by atomic mass is 10.2. The maximum Gasteiger partial charge on any atom is 0.138 e. The van der Waals surface area contributed by atoms with Crippen LogP contribution in [0.3, 0.4) is 0 Å². The van der Waals surface area contributed by atoms with Crippen LogP contribution in [-0.2, 0) is 0 Å². The van der Waals surface area contributed by atoms with Gasteiger partial charge in [-0.1, -0.05) is 54.7 Å². The van der Waals surface area contributed by atoms with Crippen molar-refractivity contribution < 1.29 is 0 Å². The molecular weight excluding hydrogens is 288 g/mol. The molecule has 0 saturated carbocycles. The molecule has 0 radical (unpaired) electrons. The van der Waals surface area contributed by atoms with Crippen molar-refractivity contribution in [3.63, 3.8) is 0 Å². The van der Waals surface area contributed by atoms with E-state index in [4.69, 9.17) is 12.2 Å². The molecular formula is C14H18N4S2. The Hall–Kier alpha value is -1.14. The summed E-state index contributed by atoms with van der Waals surface area (Å²) >= 11 is 7.32. The first-order valence-electron chi connectivity index (χ1n) is 7.04. The fourth-order valence-corrected chi connectivity index (χ4v) is 3.90. The van der Waals surface area contributed by atoms with Crippen LogP contribution in [0, 0.1) is 0 Å². The van der Waals surface area contributed by atoms with Crippen molar-refractivity contribution in [1.29, 1.82) is 0 Å². The smallest absolute Gasteiger partial charge is 0.138 e. The summed E-state index contributed by atoms with van der Waals surface area (Å²) in [5, 5.41) is 8.66. The first kappa shape index (κ1) is 13.8. The highest BCUT2D eigenvalue weighted by Gasteiger charge is 2.26. The van der Waals surface area contributed by atoms with Gasteiger partial charge in [-0.15, -0.1) is 5.10 Å². The lowest BCUT2D eigenvalue weighted by molar-refractivity contribution is 0.210. The minimum absolute atomic E-state index is 0.188. The summed E-state index contributed by atoms with van der Waals surface area (Å²) in [6.45, 7) is 3.22. The third-order valence-corrected chi connectivity index (χ3v) is 5.13. The number of thioether (sulfide) groups is 1. The van der Waals surface area contributed by atoms with E-state index in [9.17, 15) is 0 Å². The van der Waals surface area contributed by atoms with E-state index in [-0.39, 0.29) is 6.17 Å². The highest BCUT2D eigenvalue weighted by Crippen LogP contribution is 2.29. The van der Waals surface area contributed by atoms with Gasteiger partial charge in [-0.25, -0.2) is 4.68 Å². The molecule has 1 aliphatic rings. The number of benzene rings is 1. The molecule has 1 aromatic heterocycles. The Morgan fingerprint density at radius 2 is 2.25 bits per heavy atom. The number of aromatic nitrogens is 3. The number of para-hydroxylation sites is 1. The van der Waals surface area contributed by atoms with Crippen LogP contribution >= 0.6 is 24.0 Å². The number of thiocarbonyl (C=S) groups is 1. The highest BCUT2D eigenvalue weighted by molar-refractivity contribution is 8.22. The van der Waals surface area contributed by atoms with Gasteiger partial charge in [0.05, 0.1) is 5.52 Å². The van der Waals surface area contributed by atoms with Crippen molar-refractivity contribution in [2.75, 3.05) is 12.3 Å². The molecule has 1 aliphatic heterocycles. The number of hydrogen-bond acceptors (Lipinski definition) is 4. The summed E-state index contributed by atoms with van der Waals surface area (Å²) < 4.78 is 3.03. The van der Waals surface area contributed by atoms with Gasteiger partial charge in [0.15, 0.2) is 0 Å². The lowest BCUT2D eigenvalue weighted by Gasteiger charge is -2.36. The molecule has 0 N–H and O–H groups in total. The van der Waals surface area contributed by atoms with Crippen LogP contribution in [0.5, 0.6) is 0 Å². The Labute approximate surface area is 128 Å². The summed E-state index contributed by atoms with van der Waals surface area (Å²) in [4.78, 5) is 2.31. The zero-order chi connectivity index (χ0) is 13.9. The molecule has 6 heteroatoms. The Kier molecular flexibility index (Phi) is 4.21. The first-order chi connectivity index (χ1) is 9.81. The minimum Gasteiger partial charge on any atom is -0.335 e. The summed E-state index contributed by atoms with van der Waals surface area (Å²) in [6, 6.07) is 8.12. The second kappa shape index (κ2) is 6.10. The maximum absolute atomic E-state index is 5.54. The molecule has 0 spiro atoms. The van der Waals surface area contributed by atoms with Crippen LogP contribution in [0.15, 0.2) is 24.3 Å². The molecule has 0 bridgehead atoms. The van der Waals surface area contributed by atoms with Gasteiger partial charge in [-0.05, 0) is 25.0 Å². The molecule has 1 unspecified atom stereocenters. The normalized spacial score (nSPS) is 17.6. The molecule has 1 aromatic carbocycles. The van der Waals surface area contributed by atoms with Crippen molar-refractivity contribution in [2.24, 2.45) is 0 Å². The molecule has 3 rings (SSSR count). The van der Waals surface area contributed by atoms with E-state index in [1.807, 2.05) is 22.9 Å². The van der Waals surface area contributed by atoms with E-state index in [1.54, 1.807) is 11.8 Å². The van der Waals surface area contributed by atoms with Crippen molar-refractivity contribution >= 4 is 39.3 Å². The average Bonchev–Trinajstić information content (AvgIpc) is 2.90. The number of nitrogens with zero attached hydrogens (tertiary/aromatic N) is 4. The van der Waals surface area contributed by atoms with Gasteiger partial charge in [0.25, 0.3) is 0 Å². The maximum atomic E-state index is 5.54. The van der Waals surface area contributed by atoms with Gasteiger partial charge in [-0.3, -0.25) is 0 Å². The molecule has 2 heterocycles. The molecule has 2 aromatic rings. The topological polar surface area (TPSA) is 34.0 Å². The third kappa shape index (κ3) is 2.54. The van der Waals surface area contributed by atoms with E-state index in [1.165, 1.54) is 6.42 Å². The minimum atomic E-state index is 0.188. The van der Waals surface area contributed by atoms with Crippen molar-refractivity contribution in [3.05, 3.63) is 24.3 Å². The molecule has 20 heavy (non-hydrogen) atoms.